The van der Waals surface area contributed by atoms with Crippen molar-refractivity contribution in [1.82, 2.24) is 14.8 Å². The smallest absolute Gasteiger partial charge is 0.365 e. The van der Waals surface area contributed by atoms with Crippen molar-refractivity contribution in [3.05, 3.63) is 71.7 Å². The minimum Gasteiger partial charge on any atom is -0.481 e. The fraction of sp³-hybridized carbons (Fsp3) is 0.308. The zero-order valence-corrected chi connectivity index (χ0v) is 23.0. The number of carbonyl (C=O) groups is 3. The second kappa shape index (κ2) is 12.1. The SMILES string of the molecule is [CH2]OP(=O)(O)COc1ccc2c(C(C)=O)cn(CC(=O)N3C[C@H](F)C[C@H]3C(=O)NCc3cccc(Cl)c3F)c2c1. The van der Waals surface area contributed by atoms with Gasteiger partial charge in [0.2, 0.25) is 11.8 Å². The van der Waals surface area contributed by atoms with Gasteiger partial charge in [0.1, 0.15) is 30.3 Å². The molecule has 4 rings (SSSR count). The molecule has 14 heteroatoms. The van der Waals surface area contributed by atoms with Crippen LogP contribution in [0.25, 0.3) is 10.9 Å². The molecular formula is C26H26ClF2N3O7P. The molecule has 1 aromatic heterocycles. The summed E-state index contributed by atoms with van der Waals surface area (Å²) in [6, 6.07) is 7.75. The van der Waals surface area contributed by atoms with Gasteiger partial charge in [-0.15, -0.1) is 0 Å². The normalized spacial score (nSPS) is 18.5. The van der Waals surface area contributed by atoms with Crippen molar-refractivity contribution in [2.75, 3.05) is 12.9 Å². The lowest BCUT2D eigenvalue weighted by Gasteiger charge is -2.24. The maximum absolute atomic E-state index is 14.4. The van der Waals surface area contributed by atoms with E-state index in [2.05, 4.69) is 17.0 Å². The summed E-state index contributed by atoms with van der Waals surface area (Å²) in [7, 11) is -1.14. The van der Waals surface area contributed by atoms with Crippen molar-refractivity contribution in [3.8, 4) is 5.75 Å². The number of amides is 2. The minimum absolute atomic E-state index is 0.105. The van der Waals surface area contributed by atoms with E-state index in [0.29, 0.717) is 16.5 Å². The number of halogens is 3. The van der Waals surface area contributed by atoms with E-state index in [9.17, 15) is 32.6 Å². The van der Waals surface area contributed by atoms with Crippen LogP contribution in [0.4, 0.5) is 8.78 Å². The first kappa shape index (κ1) is 29.7. The summed E-state index contributed by atoms with van der Waals surface area (Å²) in [4.78, 5) is 49.1. The van der Waals surface area contributed by atoms with Gasteiger partial charge in [-0.05, 0) is 25.1 Å². The summed E-state index contributed by atoms with van der Waals surface area (Å²) < 4.78 is 51.4. The molecule has 1 fully saturated rings. The maximum Gasteiger partial charge on any atom is 0.365 e. The maximum atomic E-state index is 14.4. The van der Waals surface area contributed by atoms with Crippen LogP contribution in [0.3, 0.4) is 0 Å². The third kappa shape index (κ3) is 6.52. The lowest BCUT2D eigenvalue weighted by atomic mass is 10.1. The molecule has 10 nitrogen and oxygen atoms in total. The molecule has 0 aliphatic carbocycles. The highest BCUT2D eigenvalue weighted by atomic mass is 35.5. The molecule has 2 heterocycles. The molecule has 2 N–H and O–H groups in total. The summed E-state index contributed by atoms with van der Waals surface area (Å²) in [5.41, 5.74) is 0.847. The van der Waals surface area contributed by atoms with Gasteiger partial charge in [0, 0.05) is 41.7 Å². The van der Waals surface area contributed by atoms with E-state index in [1.165, 1.54) is 48.0 Å². The van der Waals surface area contributed by atoms with Crippen molar-refractivity contribution in [3.63, 3.8) is 0 Å². The Hall–Kier alpha value is -3.31. The Balaban J connectivity index is 1.54. The van der Waals surface area contributed by atoms with Gasteiger partial charge < -0.3 is 28.9 Å². The molecule has 3 aromatic rings. The first-order valence-electron chi connectivity index (χ1n) is 12.1. The highest BCUT2D eigenvalue weighted by Gasteiger charge is 2.39. The average molecular weight is 597 g/mol. The first-order chi connectivity index (χ1) is 18.9. The van der Waals surface area contributed by atoms with Crippen LogP contribution in [-0.2, 0) is 31.8 Å². The first-order valence-corrected chi connectivity index (χ1v) is 14.2. The Morgan fingerprint density at radius 3 is 2.73 bits per heavy atom. The van der Waals surface area contributed by atoms with Crippen LogP contribution in [0, 0.1) is 12.9 Å². The van der Waals surface area contributed by atoms with Crippen molar-refractivity contribution >= 4 is 47.7 Å². The van der Waals surface area contributed by atoms with Gasteiger partial charge >= 0.3 is 7.60 Å². The molecule has 3 atom stereocenters. The number of rotatable bonds is 10. The zero-order chi connectivity index (χ0) is 29.2. The van der Waals surface area contributed by atoms with Gasteiger partial charge in [-0.1, -0.05) is 23.7 Å². The third-order valence-corrected chi connectivity index (χ3v) is 7.64. The van der Waals surface area contributed by atoms with Crippen LogP contribution in [0.2, 0.25) is 5.02 Å². The second-order valence-electron chi connectivity index (χ2n) is 9.27. The molecule has 213 valence electrons. The third-order valence-electron chi connectivity index (χ3n) is 6.49. The summed E-state index contributed by atoms with van der Waals surface area (Å²) in [5.74, 6) is -2.02. The number of benzene rings is 2. The number of aromatic nitrogens is 1. The van der Waals surface area contributed by atoms with Gasteiger partial charge in [-0.2, -0.15) is 0 Å². The Bertz CT molecular complexity index is 1510. The lowest BCUT2D eigenvalue weighted by Crippen LogP contribution is -2.46. The highest BCUT2D eigenvalue weighted by molar-refractivity contribution is 7.52. The number of nitrogens with zero attached hydrogens (tertiary/aromatic N) is 2. The fourth-order valence-electron chi connectivity index (χ4n) is 4.50. The average Bonchev–Trinajstić information content (AvgIpc) is 3.49. The Morgan fingerprint density at radius 1 is 1.27 bits per heavy atom. The molecule has 0 spiro atoms. The molecule has 1 aliphatic heterocycles. The van der Waals surface area contributed by atoms with Gasteiger partial charge in [0.15, 0.2) is 12.1 Å². The number of fused-ring (bicyclic) bond motifs is 1. The molecule has 1 aliphatic rings. The fourth-order valence-corrected chi connectivity index (χ4v) is 5.08. The number of Topliss-reactive ketones (excluding diaryl/α,β-unsaturated/α-hetero) is 1. The van der Waals surface area contributed by atoms with E-state index >= 15 is 0 Å². The highest BCUT2D eigenvalue weighted by Crippen LogP contribution is 2.41. The van der Waals surface area contributed by atoms with Gasteiger partial charge in [0.25, 0.3) is 0 Å². The Kier molecular flexibility index (Phi) is 8.94. The molecule has 0 saturated carbocycles. The number of hydrogen-bond acceptors (Lipinski definition) is 6. The predicted octanol–water partition coefficient (Wildman–Crippen LogP) is 4.22. The van der Waals surface area contributed by atoms with E-state index < -0.39 is 43.8 Å². The Morgan fingerprint density at radius 2 is 2.02 bits per heavy atom. The largest absolute Gasteiger partial charge is 0.481 e. The monoisotopic (exact) mass is 596 g/mol. The van der Waals surface area contributed by atoms with Gasteiger partial charge in [-0.3, -0.25) is 18.9 Å². The lowest BCUT2D eigenvalue weighted by molar-refractivity contribution is -0.139. The summed E-state index contributed by atoms with van der Waals surface area (Å²) in [6.07, 6.45) is -0.886. The van der Waals surface area contributed by atoms with E-state index in [1.807, 2.05) is 0 Å². The summed E-state index contributed by atoms with van der Waals surface area (Å²) in [6.45, 7) is 0.503. The zero-order valence-electron chi connectivity index (χ0n) is 21.3. The molecule has 40 heavy (non-hydrogen) atoms. The number of ether oxygens (including phenoxy) is 1. The summed E-state index contributed by atoms with van der Waals surface area (Å²) in [5, 5.41) is 2.93. The molecular weight excluding hydrogens is 571 g/mol. The number of carbonyl (C=O) groups excluding carboxylic acids is 3. The van der Waals surface area contributed by atoms with E-state index in [4.69, 9.17) is 16.3 Å². The quantitative estimate of drug-likeness (QED) is 0.265. The molecule has 2 aromatic carbocycles. The van der Waals surface area contributed by atoms with E-state index in [1.54, 1.807) is 6.07 Å². The van der Waals surface area contributed by atoms with Crippen LogP contribution in [0.1, 0.15) is 29.3 Å². The number of likely N-dealkylation sites (tertiary alicyclic amines) is 1. The van der Waals surface area contributed by atoms with Crippen molar-refractivity contribution < 1.29 is 41.9 Å². The van der Waals surface area contributed by atoms with Crippen LogP contribution in [0.15, 0.2) is 42.6 Å². The van der Waals surface area contributed by atoms with E-state index in [-0.39, 0.29) is 48.2 Å². The number of nitrogens with one attached hydrogen (secondary N) is 1. The van der Waals surface area contributed by atoms with Crippen molar-refractivity contribution in [2.24, 2.45) is 0 Å². The molecule has 1 unspecified atom stereocenters. The van der Waals surface area contributed by atoms with E-state index in [0.717, 1.165) is 4.90 Å². The molecule has 1 saturated heterocycles. The summed E-state index contributed by atoms with van der Waals surface area (Å²) >= 11 is 5.78. The second-order valence-corrected chi connectivity index (χ2v) is 11.5. The van der Waals surface area contributed by atoms with Gasteiger partial charge in [-0.25, -0.2) is 8.78 Å². The van der Waals surface area contributed by atoms with Crippen molar-refractivity contribution in [1.29, 1.82) is 0 Å². The molecule has 2 amide bonds. The topological polar surface area (TPSA) is 127 Å². The minimum atomic E-state index is -4.07. The number of ketones is 1. The number of alkyl halides is 1. The number of hydrogen-bond donors (Lipinski definition) is 2. The van der Waals surface area contributed by atoms with Gasteiger partial charge in [0.05, 0.1) is 24.2 Å². The van der Waals surface area contributed by atoms with Crippen LogP contribution in [-0.4, -0.2) is 57.1 Å². The van der Waals surface area contributed by atoms with Crippen molar-refractivity contribution in [2.45, 2.75) is 38.6 Å². The Labute approximate surface area is 233 Å². The van der Waals surface area contributed by atoms with Crippen LogP contribution in [0.5, 0.6) is 5.75 Å². The molecule has 1 radical (unpaired) electrons. The predicted molar refractivity (Wildman–Crippen MR) is 142 cm³/mol. The molecule has 0 bridgehead atoms. The van der Waals surface area contributed by atoms with Crippen LogP contribution < -0.4 is 10.1 Å². The standard InChI is InChI=1S/C26H26ClF2N3O7P/c1-15(33)20-12-31(22-9-18(6-7-19(20)22)39-14-40(36,37)38-2)13-24(34)32-11-17(28)8-23(32)26(35)30-10-16-4-3-5-21(27)25(16)29/h3-7,9,12,17,23H,2,8,10-11,13-14H2,1H3,(H,30,35)(H,36,37)/t17-,23+/m1/s1. The van der Waals surface area contributed by atoms with Crippen LogP contribution >= 0.6 is 19.2 Å².